The van der Waals surface area contributed by atoms with Crippen molar-refractivity contribution in [3.8, 4) is 0 Å². The molecule has 0 heterocycles. The van der Waals surface area contributed by atoms with E-state index in [9.17, 15) is 22.0 Å². The Hall–Kier alpha value is -1.30. The number of carbonyl (C=O) groups is 1. The lowest BCUT2D eigenvalue weighted by Gasteiger charge is -2.20. The van der Waals surface area contributed by atoms with Crippen molar-refractivity contribution in [1.29, 1.82) is 0 Å². The Labute approximate surface area is 98.4 Å². The van der Waals surface area contributed by atoms with Crippen LogP contribution in [0.3, 0.4) is 0 Å². The summed E-state index contributed by atoms with van der Waals surface area (Å²) in [5.41, 5.74) is -0.294. The molecule has 94 valence electrons. The maximum atomic E-state index is 12.9. The van der Waals surface area contributed by atoms with Gasteiger partial charge >= 0.3 is 0 Å². The van der Waals surface area contributed by atoms with Crippen LogP contribution in [0.1, 0.15) is 24.2 Å². The fraction of sp³-hybridized carbons (Fsp3) is 0.364. The van der Waals surface area contributed by atoms with E-state index < -0.39 is 32.0 Å². The highest BCUT2D eigenvalue weighted by atomic mass is 32.2. The van der Waals surface area contributed by atoms with Gasteiger partial charge in [-0.3, -0.25) is 4.79 Å². The molecule has 0 bridgehead atoms. The predicted octanol–water partition coefficient (Wildman–Crippen LogP) is 1.97. The Balaban J connectivity index is 3.31. The summed E-state index contributed by atoms with van der Waals surface area (Å²) in [5, 5.41) is 0. The second-order valence-corrected chi connectivity index (χ2v) is 6.83. The standard InChI is InChI=1S/C11H12F2O3S/c1-11(2,17(3,15)16)10(14)7-4-8(12)6-9(13)5-7/h4-6H,1-3H3. The molecule has 0 aromatic heterocycles. The van der Waals surface area contributed by atoms with Gasteiger partial charge < -0.3 is 0 Å². The van der Waals surface area contributed by atoms with Gasteiger partial charge in [0.2, 0.25) is 0 Å². The van der Waals surface area contributed by atoms with Gasteiger partial charge in [-0.05, 0) is 26.0 Å². The lowest BCUT2D eigenvalue weighted by atomic mass is 10.00. The first-order chi connectivity index (χ1) is 7.55. The van der Waals surface area contributed by atoms with Crippen molar-refractivity contribution in [1.82, 2.24) is 0 Å². The second kappa shape index (κ2) is 4.18. The van der Waals surface area contributed by atoms with Gasteiger partial charge in [-0.2, -0.15) is 0 Å². The van der Waals surface area contributed by atoms with Crippen molar-refractivity contribution in [3.63, 3.8) is 0 Å². The lowest BCUT2D eigenvalue weighted by Crippen LogP contribution is -2.40. The van der Waals surface area contributed by atoms with Gasteiger partial charge in [0.25, 0.3) is 0 Å². The monoisotopic (exact) mass is 262 g/mol. The molecule has 17 heavy (non-hydrogen) atoms. The van der Waals surface area contributed by atoms with Gasteiger partial charge in [0.15, 0.2) is 15.6 Å². The van der Waals surface area contributed by atoms with Crippen molar-refractivity contribution in [3.05, 3.63) is 35.4 Å². The lowest BCUT2D eigenvalue weighted by molar-refractivity contribution is 0.0953. The smallest absolute Gasteiger partial charge is 0.183 e. The van der Waals surface area contributed by atoms with E-state index in [4.69, 9.17) is 0 Å². The van der Waals surface area contributed by atoms with Crippen LogP contribution in [0.15, 0.2) is 18.2 Å². The number of benzene rings is 1. The average molecular weight is 262 g/mol. The SMILES string of the molecule is CC(C)(C(=O)c1cc(F)cc(F)c1)S(C)(=O)=O. The molecule has 6 heteroatoms. The third-order valence-electron chi connectivity index (χ3n) is 2.60. The van der Waals surface area contributed by atoms with Crippen LogP contribution in [0.2, 0.25) is 0 Å². The van der Waals surface area contributed by atoms with Gasteiger partial charge in [0.05, 0.1) is 0 Å². The summed E-state index contributed by atoms with van der Waals surface area (Å²) in [7, 11) is -3.67. The van der Waals surface area contributed by atoms with E-state index >= 15 is 0 Å². The molecule has 0 amide bonds. The average Bonchev–Trinajstić information content (AvgIpc) is 2.13. The van der Waals surface area contributed by atoms with E-state index in [1.807, 2.05) is 0 Å². The van der Waals surface area contributed by atoms with Gasteiger partial charge in [-0.15, -0.1) is 0 Å². The molecule has 1 aromatic rings. The van der Waals surface area contributed by atoms with E-state index in [2.05, 4.69) is 0 Å². The summed E-state index contributed by atoms with van der Waals surface area (Å²) in [4.78, 5) is 11.9. The van der Waals surface area contributed by atoms with E-state index in [0.717, 1.165) is 18.4 Å². The molecule has 0 fully saturated rings. The van der Waals surface area contributed by atoms with Crippen LogP contribution >= 0.6 is 0 Å². The van der Waals surface area contributed by atoms with Crippen molar-refractivity contribution < 1.29 is 22.0 Å². The van der Waals surface area contributed by atoms with E-state index in [0.29, 0.717) is 6.07 Å². The van der Waals surface area contributed by atoms with Crippen molar-refractivity contribution >= 4 is 15.6 Å². The summed E-state index contributed by atoms with van der Waals surface area (Å²) in [5.74, 6) is -2.67. The third-order valence-corrected chi connectivity index (χ3v) is 4.64. The molecule has 0 aliphatic heterocycles. The summed E-state index contributed by atoms with van der Waals surface area (Å²) in [6.07, 6.45) is 0.903. The quantitative estimate of drug-likeness (QED) is 0.782. The largest absolute Gasteiger partial charge is 0.292 e. The number of hydrogen-bond acceptors (Lipinski definition) is 3. The number of rotatable bonds is 3. The molecule has 0 saturated heterocycles. The third kappa shape index (κ3) is 2.69. The maximum absolute atomic E-state index is 12.9. The van der Waals surface area contributed by atoms with Crippen LogP contribution in [-0.2, 0) is 9.84 Å². The number of carbonyl (C=O) groups excluding carboxylic acids is 1. The molecule has 0 N–H and O–H groups in total. The van der Waals surface area contributed by atoms with E-state index in [1.54, 1.807) is 0 Å². The predicted molar refractivity (Wildman–Crippen MR) is 59.6 cm³/mol. The topological polar surface area (TPSA) is 51.2 Å². The van der Waals surface area contributed by atoms with Crippen LogP contribution in [-0.4, -0.2) is 25.2 Å². The Bertz CT molecular complexity index is 542. The van der Waals surface area contributed by atoms with Crippen LogP contribution < -0.4 is 0 Å². The maximum Gasteiger partial charge on any atom is 0.183 e. The fourth-order valence-corrected chi connectivity index (χ4v) is 1.66. The van der Waals surface area contributed by atoms with Crippen LogP contribution in [0.4, 0.5) is 8.78 Å². The minimum atomic E-state index is -3.67. The zero-order valence-corrected chi connectivity index (χ0v) is 10.4. The fourth-order valence-electron chi connectivity index (χ4n) is 1.20. The number of ketones is 1. The number of hydrogen-bond donors (Lipinski definition) is 0. The highest BCUT2D eigenvalue weighted by Gasteiger charge is 2.39. The molecule has 3 nitrogen and oxygen atoms in total. The molecule has 0 atom stereocenters. The van der Waals surface area contributed by atoms with Gasteiger partial charge in [-0.25, -0.2) is 17.2 Å². The van der Waals surface area contributed by atoms with Crippen molar-refractivity contribution in [2.75, 3.05) is 6.26 Å². The van der Waals surface area contributed by atoms with Crippen LogP contribution in [0.5, 0.6) is 0 Å². The van der Waals surface area contributed by atoms with Crippen molar-refractivity contribution in [2.24, 2.45) is 0 Å². The van der Waals surface area contributed by atoms with Crippen LogP contribution in [0, 0.1) is 11.6 Å². The highest BCUT2D eigenvalue weighted by molar-refractivity contribution is 7.92. The molecule has 0 aliphatic carbocycles. The minimum absolute atomic E-state index is 0.294. The first-order valence-electron chi connectivity index (χ1n) is 4.76. The van der Waals surface area contributed by atoms with E-state index in [1.165, 1.54) is 13.8 Å². The molecule has 0 unspecified atom stereocenters. The Morgan fingerprint density at radius 1 is 1.12 bits per heavy atom. The molecule has 1 rings (SSSR count). The van der Waals surface area contributed by atoms with E-state index in [-0.39, 0.29) is 5.56 Å². The first kappa shape index (κ1) is 13.8. The molecule has 0 aliphatic rings. The van der Waals surface area contributed by atoms with Gasteiger partial charge in [0, 0.05) is 17.9 Å². The molecular weight excluding hydrogens is 250 g/mol. The minimum Gasteiger partial charge on any atom is -0.292 e. The summed E-state index contributed by atoms with van der Waals surface area (Å²) < 4.78 is 47.0. The molecule has 0 spiro atoms. The molecular formula is C11H12F2O3S. The summed E-state index contributed by atoms with van der Waals surface area (Å²) >= 11 is 0. The number of Topliss-reactive ketones (excluding diaryl/α,β-unsaturated/α-hetero) is 1. The zero-order chi connectivity index (χ0) is 13.4. The molecule has 0 saturated carbocycles. The Morgan fingerprint density at radius 2 is 1.53 bits per heavy atom. The molecule has 1 aromatic carbocycles. The summed E-state index contributed by atoms with van der Waals surface area (Å²) in [6, 6.07) is 2.25. The summed E-state index contributed by atoms with van der Waals surface area (Å²) in [6.45, 7) is 2.40. The number of halogens is 2. The first-order valence-corrected chi connectivity index (χ1v) is 6.65. The van der Waals surface area contributed by atoms with Crippen LogP contribution in [0.25, 0.3) is 0 Å². The zero-order valence-electron chi connectivity index (χ0n) is 9.62. The molecule has 0 radical (unpaired) electrons. The van der Waals surface area contributed by atoms with Crippen molar-refractivity contribution in [2.45, 2.75) is 18.6 Å². The van der Waals surface area contributed by atoms with Gasteiger partial charge in [0.1, 0.15) is 16.4 Å². The number of sulfone groups is 1. The highest BCUT2D eigenvalue weighted by Crippen LogP contribution is 2.22. The normalized spacial score (nSPS) is 12.5. The Kier molecular flexibility index (Phi) is 3.38. The Morgan fingerprint density at radius 3 is 1.88 bits per heavy atom. The second-order valence-electron chi connectivity index (χ2n) is 4.27. The van der Waals surface area contributed by atoms with Gasteiger partial charge in [-0.1, -0.05) is 0 Å².